The molecular weight excluding hydrogens is 250 g/mol. The van der Waals surface area contributed by atoms with E-state index in [1.165, 1.54) is 6.42 Å². The van der Waals surface area contributed by atoms with Gasteiger partial charge in [0.2, 0.25) is 0 Å². The number of fused-ring (bicyclic) bond motifs is 2. The third kappa shape index (κ3) is 2.33. The molecule has 3 nitrogen and oxygen atoms in total. The van der Waals surface area contributed by atoms with Crippen LogP contribution in [0, 0.1) is 0 Å². The van der Waals surface area contributed by atoms with E-state index in [1.54, 1.807) is 0 Å². The maximum atomic E-state index is 12.7. The number of hydrogen-bond acceptors (Lipinski definition) is 2. The maximum Gasteiger partial charge on any atom is 0.192 e. The molecule has 0 unspecified atom stereocenters. The second-order valence-corrected chi connectivity index (χ2v) is 5.50. The second-order valence-electron chi connectivity index (χ2n) is 5.50. The monoisotopic (exact) mass is 271 g/mol. The van der Waals surface area contributed by atoms with Crippen molar-refractivity contribution in [3.8, 4) is 5.75 Å². The van der Waals surface area contributed by atoms with Crippen LogP contribution in [0.15, 0.2) is 23.0 Å². The van der Waals surface area contributed by atoms with Crippen LogP contribution in [-0.4, -0.2) is 11.6 Å². The molecule has 1 aliphatic rings. The average molecular weight is 271 g/mol. The van der Waals surface area contributed by atoms with Gasteiger partial charge in [-0.1, -0.05) is 19.4 Å². The van der Waals surface area contributed by atoms with Gasteiger partial charge in [0.15, 0.2) is 5.43 Å². The Morgan fingerprint density at radius 3 is 2.90 bits per heavy atom. The fraction of sp³-hybridized carbons (Fsp3) is 0.471. The summed E-state index contributed by atoms with van der Waals surface area (Å²) < 4.78 is 5.78. The summed E-state index contributed by atoms with van der Waals surface area (Å²) in [5, 5.41) is 0.763. The van der Waals surface area contributed by atoms with Crippen LogP contribution in [0.2, 0.25) is 0 Å². The van der Waals surface area contributed by atoms with Gasteiger partial charge in [-0.15, -0.1) is 0 Å². The van der Waals surface area contributed by atoms with Crippen molar-refractivity contribution in [2.24, 2.45) is 0 Å². The van der Waals surface area contributed by atoms with Gasteiger partial charge >= 0.3 is 0 Å². The van der Waals surface area contributed by atoms with E-state index < -0.39 is 0 Å². The van der Waals surface area contributed by atoms with Crippen LogP contribution < -0.4 is 10.2 Å². The summed E-state index contributed by atoms with van der Waals surface area (Å²) in [6.45, 7) is 2.76. The van der Waals surface area contributed by atoms with Crippen LogP contribution in [0.5, 0.6) is 5.75 Å². The van der Waals surface area contributed by atoms with Crippen molar-refractivity contribution in [2.75, 3.05) is 6.61 Å². The molecular formula is C17H21NO2. The minimum Gasteiger partial charge on any atom is -0.491 e. The minimum atomic E-state index is 0.192. The minimum absolute atomic E-state index is 0.192. The summed E-state index contributed by atoms with van der Waals surface area (Å²) in [6.07, 6.45) is 6.33. The lowest BCUT2D eigenvalue weighted by Crippen LogP contribution is -2.14. The second kappa shape index (κ2) is 5.70. The van der Waals surface area contributed by atoms with Crippen LogP contribution in [0.4, 0.5) is 0 Å². The zero-order chi connectivity index (χ0) is 13.9. The number of pyridine rings is 1. The van der Waals surface area contributed by atoms with Crippen LogP contribution in [-0.2, 0) is 12.8 Å². The van der Waals surface area contributed by atoms with Crippen molar-refractivity contribution < 1.29 is 4.74 Å². The molecule has 3 heteroatoms. The number of ether oxygens (including phenoxy) is 1. The lowest BCUT2D eigenvalue weighted by molar-refractivity contribution is 0.320. The molecule has 0 saturated heterocycles. The number of benzene rings is 1. The molecule has 0 spiro atoms. The molecule has 0 fully saturated rings. The Morgan fingerprint density at radius 2 is 2.05 bits per heavy atom. The summed E-state index contributed by atoms with van der Waals surface area (Å²) in [5.74, 6) is 0.800. The molecule has 1 N–H and O–H groups in total. The van der Waals surface area contributed by atoms with Crippen molar-refractivity contribution in [3.05, 3.63) is 39.7 Å². The lowest BCUT2D eigenvalue weighted by Gasteiger charge is -2.12. The molecule has 1 aromatic carbocycles. The molecule has 3 rings (SSSR count). The molecule has 106 valence electrons. The van der Waals surface area contributed by atoms with Gasteiger partial charge in [-0.2, -0.15) is 0 Å². The Kier molecular flexibility index (Phi) is 3.77. The summed E-state index contributed by atoms with van der Waals surface area (Å²) >= 11 is 0. The predicted octanol–water partition coefficient (Wildman–Crippen LogP) is 3.59. The van der Waals surface area contributed by atoms with Crippen molar-refractivity contribution in [3.63, 3.8) is 0 Å². The van der Waals surface area contributed by atoms with Crippen molar-refractivity contribution in [1.29, 1.82) is 0 Å². The molecule has 1 heterocycles. The number of nitrogens with one attached hydrogen (secondary N) is 1. The average Bonchev–Trinajstić information content (AvgIpc) is 2.71. The number of H-pyrrole nitrogens is 1. The third-order valence-corrected chi connectivity index (χ3v) is 4.00. The van der Waals surface area contributed by atoms with Crippen LogP contribution in [0.3, 0.4) is 0 Å². The standard InChI is InChI=1S/C17H21NO2/c1-2-11-20-15-10-6-8-13-16(15)18-14-9-5-3-4-7-12(14)17(13)19/h6,8,10H,2-5,7,9,11H2,1H3,(H,18,19). The van der Waals surface area contributed by atoms with E-state index in [0.29, 0.717) is 6.61 Å². The fourth-order valence-corrected chi connectivity index (χ4v) is 2.97. The van der Waals surface area contributed by atoms with Gasteiger partial charge in [-0.25, -0.2) is 0 Å². The zero-order valence-corrected chi connectivity index (χ0v) is 12.0. The Labute approximate surface area is 119 Å². The Morgan fingerprint density at radius 1 is 1.20 bits per heavy atom. The van der Waals surface area contributed by atoms with Gasteiger partial charge in [0.05, 0.1) is 12.1 Å². The first-order valence-corrected chi connectivity index (χ1v) is 7.61. The first-order valence-electron chi connectivity index (χ1n) is 7.61. The molecule has 0 aliphatic heterocycles. The van der Waals surface area contributed by atoms with Gasteiger partial charge in [0.25, 0.3) is 0 Å². The quantitative estimate of drug-likeness (QED) is 0.867. The highest BCUT2D eigenvalue weighted by molar-refractivity contribution is 5.85. The zero-order valence-electron chi connectivity index (χ0n) is 12.0. The number of aromatic amines is 1. The highest BCUT2D eigenvalue weighted by Gasteiger charge is 2.16. The first-order chi connectivity index (χ1) is 9.81. The molecule has 2 aromatic rings. The number of rotatable bonds is 3. The van der Waals surface area contributed by atoms with E-state index in [4.69, 9.17) is 4.74 Å². The van der Waals surface area contributed by atoms with E-state index in [9.17, 15) is 4.79 Å². The van der Waals surface area contributed by atoms with E-state index >= 15 is 0 Å². The van der Waals surface area contributed by atoms with Gasteiger partial charge in [0, 0.05) is 16.6 Å². The summed E-state index contributed by atoms with van der Waals surface area (Å²) in [7, 11) is 0. The van der Waals surface area contributed by atoms with Crippen molar-refractivity contribution >= 4 is 10.9 Å². The summed E-state index contributed by atoms with van der Waals surface area (Å²) in [4.78, 5) is 16.2. The van der Waals surface area contributed by atoms with Gasteiger partial charge in [-0.05, 0) is 44.2 Å². The largest absolute Gasteiger partial charge is 0.491 e. The molecule has 0 atom stereocenters. The Hall–Kier alpha value is -1.77. The number of aromatic nitrogens is 1. The van der Waals surface area contributed by atoms with Crippen molar-refractivity contribution in [2.45, 2.75) is 45.4 Å². The lowest BCUT2D eigenvalue weighted by atomic mass is 10.0. The smallest absolute Gasteiger partial charge is 0.192 e. The number of para-hydroxylation sites is 1. The molecule has 0 bridgehead atoms. The molecule has 0 radical (unpaired) electrons. The van der Waals surface area contributed by atoms with Crippen LogP contribution in [0.1, 0.15) is 43.9 Å². The molecule has 0 amide bonds. The number of aryl methyl sites for hydroxylation is 1. The summed E-state index contributed by atoms with van der Waals surface area (Å²) in [5.41, 5.74) is 3.17. The molecule has 1 aromatic heterocycles. The third-order valence-electron chi connectivity index (χ3n) is 4.00. The highest BCUT2D eigenvalue weighted by atomic mass is 16.5. The molecule has 1 aliphatic carbocycles. The van der Waals surface area contributed by atoms with E-state index in [2.05, 4.69) is 11.9 Å². The highest BCUT2D eigenvalue weighted by Crippen LogP contribution is 2.25. The molecule has 20 heavy (non-hydrogen) atoms. The van der Waals surface area contributed by atoms with Crippen LogP contribution in [0.25, 0.3) is 10.9 Å². The first kappa shape index (κ1) is 13.2. The maximum absolute atomic E-state index is 12.7. The van der Waals surface area contributed by atoms with Gasteiger partial charge in [-0.3, -0.25) is 4.79 Å². The van der Waals surface area contributed by atoms with Crippen molar-refractivity contribution in [1.82, 2.24) is 4.98 Å². The Bertz CT molecular complexity index is 672. The topological polar surface area (TPSA) is 42.1 Å². The van der Waals surface area contributed by atoms with Gasteiger partial charge < -0.3 is 9.72 Å². The van der Waals surface area contributed by atoms with E-state index in [1.807, 2.05) is 18.2 Å². The predicted molar refractivity (Wildman–Crippen MR) is 81.6 cm³/mol. The molecule has 0 saturated carbocycles. The van der Waals surface area contributed by atoms with E-state index in [-0.39, 0.29) is 5.43 Å². The Balaban J connectivity index is 2.19. The normalized spacial score (nSPS) is 14.8. The number of hydrogen-bond donors (Lipinski definition) is 1. The van der Waals surface area contributed by atoms with E-state index in [0.717, 1.165) is 60.0 Å². The SMILES string of the molecule is CCCOc1cccc2c(=O)c3c([nH]c12)CCCCC3. The fourth-order valence-electron chi connectivity index (χ4n) is 2.97. The van der Waals surface area contributed by atoms with Crippen LogP contribution >= 0.6 is 0 Å². The summed E-state index contributed by atoms with van der Waals surface area (Å²) in [6, 6.07) is 5.75. The van der Waals surface area contributed by atoms with Gasteiger partial charge in [0.1, 0.15) is 5.75 Å².